The zero-order valence-electron chi connectivity index (χ0n) is 14.6. The molecule has 134 valence electrons. The lowest BCUT2D eigenvalue weighted by molar-refractivity contribution is -0.132. The number of hydrogen-bond donors (Lipinski definition) is 1. The highest BCUT2D eigenvalue weighted by Gasteiger charge is 2.35. The number of amides is 2. The van der Waals surface area contributed by atoms with E-state index < -0.39 is 11.5 Å². The van der Waals surface area contributed by atoms with E-state index in [4.69, 9.17) is 11.6 Å². The Morgan fingerprint density at radius 2 is 1.88 bits per heavy atom. The molecule has 1 aromatic rings. The number of nitrogens with zero attached hydrogens (tertiary/aromatic N) is 1. The van der Waals surface area contributed by atoms with Crippen LogP contribution >= 0.6 is 23.4 Å². The van der Waals surface area contributed by atoms with E-state index in [1.54, 1.807) is 31.2 Å². The monoisotopic (exact) mass is 380 g/mol. The first kappa shape index (κ1) is 19.5. The minimum atomic E-state index is -0.725. The summed E-state index contributed by atoms with van der Waals surface area (Å²) in [5.41, 5.74) is 0.0523. The fourth-order valence-corrected chi connectivity index (χ4v) is 3.27. The summed E-state index contributed by atoms with van der Waals surface area (Å²) in [6.07, 6.45) is 1.46. The van der Waals surface area contributed by atoms with Gasteiger partial charge in [-0.05, 0) is 31.2 Å². The second kappa shape index (κ2) is 7.62. The highest BCUT2D eigenvalue weighted by Crippen LogP contribution is 2.32. The maximum Gasteiger partial charge on any atom is 0.247 e. The largest absolute Gasteiger partial charge is 0.324 e. The Balaban J connectivity index is 2.17. The summed E-state index contributed by atoms with van der Waals surface area (Å²) >= 11 is 7.11. The van der Waals surface area contributed by atoms with Crippen molar-refractivity contribution >= 4 is 46.6 Å². The number of rotatable bonds is 4. The molecule has 7 heteroatoms. The minimum absolute atomic E-state index is 0.0833. The summed E-state index contributed by atoms with van der Waals surface area (Å²) in [4.78, 5) is 38.3. The molecule has 1 heterocycles. The minimum Gasteiger partial charge on any atom is -0.324 e. The molecule has 0 spiro atoms. The molecule has 0 unspecified atom stereocenters. The topological polar surface area (TPSA) is 66.5 Å². The van der Waals surface area contributed by atoms with E-state index in [1.807, 2.05) is 20.8 Å². The molecule has 1 N–H and O–H groups in total. The van der Waals surface area contributed by atoms with E-state index in [2.05, 4.69) is 5.32 Å². The molecule has 1 saturated heterocycles. The highest BCUT2D eigenvalue weighted by atomic mass is 35.5. The van der Waals surface area contributed by atoms with Crippen molar-refractivity contribution in [2.45, 2.75) is 33.7 Å². The molecule has 2 rings (SSSR count). The predicted octanol–water partition coefficient (Wildman–Crippen LogP) is 3.70. The summed E-state index contributed by atoms with van der Waals surface area (Å²) in [5.74, 6) is -0.369. The van der Waals surface area contributed by atoms with Crippen LogP contribution in [0.15, 0.2) is 35.4 Å². The molecule has 0 saturated carbocycles. The van der Waals surface area contributed by atoms with Crippen molar-refractivity contribution in [3.8, 4) is 0 Å². The van der Waals surface area contributed by atoms with Gasteiger partial charge in [0, 0.05) is 22.2 Å². The number of thioether (sulfide) groups is 1. The van der Waals surface area contributed by atoms with Crippen molar-refractivity contribution in [2.24, 2.45) is 5.41 Å². The van der Waals surface area contributed by atoms with Gasteiger partial charge in [-0.15, -0.1) is 0 Å². The van der Waals surface area contributed by atoms with Gasteiger partial charge in [-0.25, -0.2) is 0 Å². The summed E-state index contributed by atoms with van der Waals surface area (Å²) in [7, 11) is 0. The van der Waals surface area contributed by atoms with Gasteiger partial charge in [0.25, 0.3) is 0 Å². The van der Waals surface area contributed by atoms with Crippen molar-refractivity contribution in [3.05, 3.63) is 40.4 Å². The number of hydrogen-bond acceptors (Lipinski definition) is 4. The van der Waals surface area contributed by atoms with Crippen LogP contribution < -0.4 is 5.32 Å². The van der Waals surface area contributed by atoms with Crippen LogP contribution in [-0.4, -0.2) is 34.3 Å². The van der Waals surface area contributed by atoms with Crippen molar-refractivity contribution in [1.82, 2.24) is 4.90 Å². The molecule has 0 aliphatic carbocycles. The molecule has 1 aliphatic heterocycles. The van der Waals surface area contributed by atoms with Crippen LogP contribution in [-0.2, 0) is 14.4 Å². The van der Waals surface area contributed by atoms with E-state index >= 15 is 0 Å². The first-order valence-corrected chi connectivity index (χ1v) is 9.23. The van der Waals surface area contributed by atoms with Gasteiger partial charge < -0.3 is 5.32 Å². The quantitative estimate of drug-likeness (QED) is 0.809. The fraction of sp³-hybridized carbons (Fsp3) is 0.389. The van der Waals surface area contributed by atoms with E-state index in [1.165, 1.54) is 22.7 Å². The SMILES string of the molecule is C[C@H](C(=O)Nc1ccc(Cl)cc1)N1C(=O)CS/C1=C\C(=O)C(C)(C)C. The summed E-state index contributed by atoms with van der Waals surface area (Å²) in [6, 6.07) is 6.00. The Kier molecular flexibility index (Phi) is 5.95. The Labute approximate surface area is 156 Å². The van der Waals surface area contributed by atoms with Gasteiger partial charge in [0.15, 0.2) is 5.78 Å². The van der Waals surface area contributed by atoms with Crippen molar-refractivity contribution < 1.29 is 14.4 Å². The maximum absolute atomic E-state index is 12.5. The second-order valence-electron chi connectivity index (χ2n) is 6.82. The third kappa shape index (κ3) is 4.86. The smallest absolute Gasteiger partial charge is 0.247 e. The molecule has 1 fully saturated rings. The third-order valence-electron chi connectivity index (χ3n) is 3.72. The zero-order chi connectivity index (χ0) is 18.8. The van der Waals surface area contributed by atoms with Gasteiger partial charge in [-0.1, -0.05) is 44.1 Å². The van der Waals surface area contributed by atoms with Gasteiger partial charge in [0.2, 0.25) is 11.8 Å². The molecular weight excluding hydrogens is 360 g/mol. The van der Waals surface area contributed by atoms with E-state index in [9.17, 15) is 14.4 Å². The first-order chi connectivity index (χ1) is 11.6. The van der Waals surface area contributed by atoms with Crippen LogP contribution in [0, 0.1) is 5.41 Å². The van der Waals surface area contributed by atoms with E-state index in [-0.39, 0.29) is 23.4 Å². The second-order valence-corrected chi connectivity index (χ2v) is 8.25. The lowest BCUT2D eigenvalue weighted by atomic mass is 9.91. The zero-order valence-corrected chi connectivity index (χ0v) is 16.2. The molecule has 0 radical (unpaired) electrons. The molecule has 1 atom stereocenters. The van der Waals surface area contributed by atoms with Gasteiger partial charge in [-0.2, -0.15) is 0 Å². The average Bonchev–Trinajstić information content (AvgIpc) is 2.88. The van der Waals surface area contributed by atoms with E-state index in [0.717, 1.165) is 0 Å². The van der Waals surface area contributed by atoms with Crippen LogP contribution in [0.4, 0.5) is 5.69 Å². The Morgan fingerprint density at radius 1 is 1.28 bits per heavy atom. The van der Waals surface area contributed by atoms with Gasteiger partial charge >= 0.3 is 0 Å². The first-order valence-electron chi connectivity index (χ1n) is 7.87. The number of benzene rings is 1. The Hall–Kier alpha value is -1.79. The van der Waals surface area contributed by atoms with Gasteiger partial charge in [0.1, 0.15) is 6.04 Å². The van der Waals surface area contributed by atoms with E-state index in [0.29, 0.717) is 15.7 Å². The standard InChI is InChI=1S/C18H21ClN2O3S/c1-11(17(24)20-13-7-5-12(19)6-8-13)21-15(23)10-25-16(21)9-14(22)18(2,3)4/h5-9,11H,10H2,1-4H3,(H,20,24)/b16-9-/t11-/m1/s1. The molecule has 1 aromatic carbocycles. The molecule has 2 amide bonds. The van der Waals surface area contributed by atoms with Crippen LogP contribution in [0.1, 0.15) is 27.7 Å². The summed E-state index contributed by atoms with van der Waals surface area (Å²) in [5, 5.41) is 3.85. The normalized spacial score (nSPS) is 17.7. The molecule has 1 aliphatic rings. The molecule has 5 nitrogen and oxygen atoms in total. The number of carbonyl (C=O) groups excluding carboxylic acids is 3. The number of anilines is 1. The molecule has 25 heavy (non-hydrogen) atoms. The van der Waals surface area contributed by atoms with Crippen LogP contribution in [0.25, 0.3) is 0 Å². The van der Waals surface area contributed by atoms with Crippen molar-refractivity contribution in [2.75, 3.05) is 11.1 Å². The number of nitrogens with one attached hydrogen (secondary N) is 1. The molecular formula is C18H21ClN2O3S. The van der Waals surface area contributed by atoms with Crippen LogP contribution in [0.5, 0.6) is 0 Å². The Morgan fingerprint density at radius 3 is 2.44 bits per heavy atom. The Bertz CT molecular complexity index is 723. The lowest BCUT2D eigenvalue weighted by Gasteiger charge is -2.25. The predicted molar refractivity (Wildman–Crippen MR) is 101 cm³/mol. The lowest BCUT2D eigenvalue weighted by Crippen LogP contribution is -2.42. The van der Waals surface area contributed by atoms with Gasteiger partial charge in [0.05, 0.1) is 10.8 Å². The summed E-state index contributed by atoms with van der Waals surface area (Å²) < 4.78 is 0. The highest BCUT2D eigenvalue weighted by molar-refractivity contribution is 8.04. The van der Waals surface area contributed by atoms with Gasteiger partial charge in [-0.3, -0.25) is 19.3 Å². The third-order valence-corrected chi connectivity index (χ3v) is 4.98. The maximum atomic E-state index is 12.5. The fourth-order valence-electron chi connectivity index (χ4n) is 2.14. The van der Waals surface area contributed by atoms with Crippen LogP contribution in [0.3, 0.4) is 0 Å². The number of ketones is 1. The van der Waals surface area contributed by atoms with Crippen molar-refractivity contribution in [1.29, 1.82) is 0 Å². The molecule has 0 aromatic heterocycles. The summed E-state index contributed by atoms with van der Waals surface area (Å²) in [6.45, 7) is 7.09. The molecule has 0 bridgehead atoms. The van der Waals surface area contributed by atoms with Crippen molar-refractivity contribution in [3.63, 3.8) is 0 Å². The average molecular weight is 381 g/mol. The number of carbonyl (C=O) groups is 3. The van der Waals surface area contributed by atoms with Crippen LogP contribution in [0.2, 0.25) is 5.02 Å². The number of halogens is 1. The number of allylic oxidation sites excluding steroid dienone is 1.